The van der Waals surface area contributed by atoms with Crippen LogP contribution in [-0.4, -0.2) is 30.7 Å². The number of nitro benzene ring substituents is 1. The molecule has 0 spiro atoms. The summed E-state index contributed by atoms with van der Waals surface area (Å²) in [6, 6.07) is 3.72. The highest BCUT2D eigenvalue weighted by atomic mass is 32.2. The van der Waals surface area contributed by atoms with Gasteiger partial charge in [-0.05, 0) is 25.5 Å². The number of rotatable bonds is 7. The van der Waals surface area contributed by atoms with Gasteiger partial charge >= 0.3 is 5.69 Å². The van der Waals surface area contributed by atoms with Gasteiger partial charge in [-0.2, -0.15) is 4.31 Å². The van der Waals surface area contributed by atoms with Crippen molar-refractivity contribution in [2.24, 2.45) is 5.84 Å². The summed E-state index contributed by atoms with van der Waals surface area (Å²) in [4.78, 5) is 10.1. The second-order valence-corrected chi connectivity index (χ2v) is 6.68. The van der Waals surface area contributed by atoms with E-state index >= 15 is 0 Å². The minimum absolute atomic E-state index is 0.0439. The summed E-state index contributed by atoms with van der Waals surface area (Å²) >= 11 is 0. The SMILES string of the molecule is CCCC(C)N(C)S(=O)(=O)c1cccc(NN)c1[N+](=O)[O-]. The first-order valence-corrected chi connectivity index (χ1v) is 7.93. The highest BCUT2D eigenvalue weighted by Gasteiger charge is 2.33. The molecule has 0 aliphatic rings. The molecule has 0 aliphatic heterocycles. The Morgan fingerprint density at radius 2 is 2.10 bits per heavy atom. The first-order valence-electron chi connectivity index (χ1n) is 6.49. The van der Waals surface area contributed by atoms with Crippen LogP contribution in [0.5, 0.6) is 0 Å². The lowest BCUT2D eigenvalue weighted by atomic mass is 10.2. The average Bonchev–Trinajstić information content (AvgIpc) is 2.45. The summed E-state index contributed by atoms with van der Waals surface area (Å²) in [6.07, 6.45) is 1.48. The molecule has 9 heteroatoms. The minimum atomic E-state index is -3.97. The number of para-hydroxylation sites is 1. The van der Waals surface area contributed by atoms with Crippen molar-refractivity contribution in [1.82, 2.24) is 4.31 Å². The third-order valence-corrected chi connectivity index (χ3v) is 5.32. The number of nitrogen functional groups attached to an aromatic ring is 1. The molecule has 118 valence electrons. The zero-order valence-corrected chi connectivity index (χ0v) is 13.1. The number of sulfonamides is 1. The second kappa shape index (κ2) is 6.83. The highest BCUT2D eigenvalue weighted by Crippen LogP contribution is 2.33. The Morgan fingerprint density at radius 3 is 2.57 bits per heavy atom. The largest absolute Gasteiger partial charge is 0.318 e. The molecule has 0 amide bonds. The number of anilines is 1. The van der Waals surface area contributed by atoms with Gasteiger partial charge in [0.25, 0.3) is 0 Å². The van der Waals surface area contributed by atoms with Crippen molar-refractivity contribution in [3.8, 4) is 0 Å². The normalized spacial score (nSPS) is 13.2. The maximum atomic E-state index is 12.6. The number of nitrogens with zero attached hydrogens (tertiary/aromatic N) is 2. The third kappa shape index (κ3) is 3.49. The molecular weight excluding hydrogens is 296 g/mol. The van der Waals surface area contributed by atoms with Crippen LogP contribution >= 0.6 is 0 Å². The summed E-state index contributed by atoms with van der Waals surface area (Å²) < 4.78 is 26.3. The van der Waals surface area contributed by atoms with E-state index in [-0.39, 0.29) is 16.6 Å². The Bertz CT molecular complexity index is 618. The number of hydrogen-bond acceptors (Lipinski definition) is 6. The molecule has 21 heavy (non-hydrogen) atoms. The Kier molecular flexibility index (Phi) is 5.64. The first kappa shape index (κ1) is 17.3. The van der Waals surface area contributed by atoms with Gasteiger partial charge in [-0.1, -0.05) is 19.4 Å². The molecule has 0 bridgehead atoms. The molecule has 3 N–H and O–H groups in total. The lowest BCUT2D eigenvalue weighted by Gasteiger charge is -2.24. The van der Waals surface area contributed by atoms with E-state index in [1.807, 2.05) is 6.92 Å². The standard InChI is InChI=1S/C12H20N4O4S/c1-4-6-9(2)15(3)21(19,20)11-8-5-7-10(14-13)12(11)16(17)18/h5,7-9,14H,4,6,13H2,1-3H3. The van der Waals surface area contributed by atoms with Gasteiger partial charge in [-0.3, -0.25) is 16.0 Å². The lowest BCUT2D eigenvalue weighted by molar-refractivity contribution is -0.386. The van der Waals surface area contributed by atoms with Crippen molar-refractivity contribution in [2.45, 2.75) is 37.6 Å². The molecule has 0 saturated carbocycles. The smallest absolute Gasteiger partial charge is 0.313 e. The van der Waals surface area contributed by atoms with E-state index in [1.54, 1.807) is 6.92 Å². The Labute approximate surface area is 124 Å². The monoisotopic (exact) mass is 316 g/mol. The second-order valence-electron chi connectivity index (χ2n) is 4.71. The van der Waals surface area contributed by atoms with Gasteiger partial charge in [0.1, 0.15) is 5.69 Å². The van der Waals surface area contributed by atoms with Gasteiger partial charge in [-0.15, -0.1) is 0 Å². The van der Waals surface area contributed by atoms with E-state index in [1.165, 1.54) is 25.2 Å². The molecule has 0 aromatic heterocycles. The Morgan fingerprint density at radius 1 is 1.48 bits per heavy atom. The fourth-order valence-electron chi connectivity index (χ4n) is 2.03. The lowest BCUT2D eigenvalue weighted by Crippen LogP contribution is -2.35. The number of nitrogens with two attached hydrogens (primary N) is 1. The van der Waals surface area contributed by atoms with Crippen LogP contribution in [0.2, 0.25) is 0 Å². The third-order valence-electron chi connectivity index (χ3n) is 3.32. The van der Waals surface area contributed by atoms with Crippen molar-refractivity contribution in [2.75, 3.05) is 12.5 Å². The van der Waals surface area contributed by atoms with E-state index in [2.05, 4.69) is 5.43 Å². The molecule has 0 fully saturated rings. The average molecular weight is 316 g/mol. The fourth-order valence-corrected chi connectivity index (χ4v) is 3.60. The van der Waals surface area contributed by atoms with Crippen LogP contribution in [0.1, 0.15) is 26.7 Å². The fraction of sp³-hybridized carbons (Fsp3) is 0.500. The predicted octanol–water partition coefficient (Wildman–Crippen LogP) is 1.69. The van der Waals surface area contributed by atoms with Gasteiger partial charge in [0.15, 0.2) is 4.90 Å². The van der Waals surface area contributed by atoms with Crippen molar-refractivity contribution >= 4 is 21.4 Å². The molecule has 0 saturated heterocycles. The van der Waals surface area contributed by atoms with Gasteiger partial charge in [0.05, 0.1) is 4.92 Å². The molecule has 1 aromatic rings. The minimum Gasteiger partial charge on any atom is -0.318 e. The molecule has 0 radical (unpaired) electrons. The van der Waals surface area contributed by atoms with Crippen LogP contribution in [0.3, 0.4) is 0 Å². The maximum absolute atomic E-state index is 12.6. The van der Waals surface area contributed by atoms with Gasteiger partial charge in [0.2, 0.25) is 10.0 Å². The van der Waals surface area contributed by atoms with Crippen LogP contribution in [-0.2, 0) is 10.0 Å². The zero-order valence-electron chi connectivity index (χ0n) is 12.2. The molecule has 8 nitrogen and oxygen atoms in total. The van der Waals surface area contributed by atoms with E-state index in [9.17, 15) is 18.5 Å². The zero-order chi connectivity index (χ0) is 16.2. The van der Waals surface area contributed by atoms with E-state index in [4.69, 9.17) is 5.84 Å². The van der Waals surface area contributed by atoms with Crippen molar-refractivity contribution in [3.63, 3.8) is 0 Å². The van der Waals surface area contributed by atoms with E-state index < -0.39 is 20.6 Å². The van der Waals surface area contributed by atoms with E-state index in [0.717, 1.165) is 10.7 Å². The van der Waals surface area contributed by atoms with Crippen LogP contribution in [0, 0.1) is 10.1 Å². The van der Waals surface area contributed by atoms with Crippen molar-refractivity contribution in [3.05, 3.63) is 28.3 Å². The quantitative estimate of drug-likeness (QED) is 0.449. The number of hydrazine groups is 1. The summed E-state index contributed by atoms with van der Waals surface area (Å²) in [5, 5.41) is 11.2. The van der Waals surface area contributed by atoms with Crippen LogP contribution in [0.15, 0.2) is 23.1 Å². The molecular formula is C12H20N4O4S. The summed E-state index contributed by atoms with van der Waals surface area (Å²) in [6.45, 7) is 3.70. The number of nitrogens with one attached hydrogen (secondary N) is 1. The first-order chi connectivity index (χ1) is 9.77. The molecule has 1 unspecified atom stereocenters. The topological polar surface area (TPSA) is 119 Å². The number of benzene rings is 1. The van der Waals surface area contributed by atoms with Crippen LogP contribution in [0.25, 0.3) is 0 Å². The van der Waals surface area contributed by atoms with Crippen LogP contribution in [0.4, 0.5) is 11.4 Å². The Balaban J connectivity index is 3.41. The van der Waals surface area contributed by atoms with Gasteiger partial charge in [0, 0.05) is 13.1 Å². The van der Waals surface area contributed by atoms with E-state index in [0.29, 0.717) is 6.42 Å². The number of nitro groups is 1. The Hall–Kier alpha value is -1.71. The summed E-state index contributed by atoms with van der Waals surface area (Å²) in [5.41, 5.74) is 1.57. The van der Waals surface area contributed by atoms with Crippen molar-refractivity contribution in [1.29, 1.82) is 0 Å². The van der Waals surface area contributed by atoms with Crippen LogP contribution < -0.4 is 11.3 Å². The summed E-state index contributed by atoms with van der Waals surface area (Å²) in [5.74, 6) is 5.22. The molecule has 1 rings (SSSR count). The van der Waals surface area contributed by atoms with Gasteiger partial charge < -0.3 is 5.43 Å². The summed E-state index contributed by atoms with van der Waals surface area (Å²) in [7, 11) is -2.55. The maximum Gasteiger partial charge on any atom is 0.313 e. The molecule has 1 atom stereocenters. The highest BCUT2D eigenvalue weighted by molar-refractivity contribution is 7.89. The number of hydrogen-bond donors (Lipinski definition) is 2. The van der Waals surface area contributed by atoms with Crippen molar-refractivity contribution < 1.29 is 13.3 Å². The molecule has 0 aliphatic carbocycles. The predicted molar refractivity (Wildman–Crippen MR) is 80.2 cm³/mol. The van der Waals surface area contributed by atoms with Gasteiger partial charge in [-0.25, -0.2) is 8.42 Å². The molecule has 0 heterocycles. The molecule has 1 aromatic carbocycles.